The van der Waals surface area contributed by atoms with Gasteiger partial charge in [-0.2, -0.15) is 0 Å². The second kappa shape index (κ2) is 6.60. The predicted octanol–water partition coefficient (Wildman–Crippen LogP) is 1.65. The van der Waals surface area contributed by atoms with Crippen molar-refractivity contribution in [3.63, 3.8) is 0 Å². The van der Waals surface area contributed by atoms with E-state index in [1.54, 1.807) is 0 Å². The van der Waals surface area contributed by atoms with Crippen molar-refractivity contribution < 1.29 is 4.74 Å². The van der Waals surface area contributed by atoms with Crippen molar-refractivity contribution in [2.45, 2.75) is 46.3 Å². The van der Waals surface area contributed by atoms with Gasteiger partial charge in [0.2, 0.25) is 0 Å². The monoisotopic (exact) mass is 322 g/mol. The average molecular weight is 322 g/mol. The van der Waals surface area contributed by atoms with E-state index in [1.807, 2.05) is 7.05 Å². The van der Waals surface area contributed by atoms with Crippen LogP contribution in [0.2, 0.25) is 0 Å². The summed E-state index contributed by atoms with van der Waals surface area (Å²) in [5.74, 6) is 2.48. The fourth-order valence-corrected chi connectivity index (χ4v) is 4.71. The summed E-state index contributed by atoms with van der Waals surface area (Å²) in [6.07, 6.45) is 1.62. The quantitative estimate of drug-likeness (QED) is 0.633. The van der Waals surface area contributed by atoms with Gasteiger partial charge in [-0.15, -0.1) is 0 Å². The Balaban J connectivity index is 1.55. The highest BCUT2D eigenvalue weighted by Gasteiger charge is 2.59. The summed E-state index contributed by atoms with van der Waals surface area (Å²) in [5, 5.41) is 3.77. The number of fused-ring (bicyclic) bond motifs is 1. The molecule has 1 N–H and O–H groups in total. The summed E-state index contributed by atoms with van der Waals surface area (Å²) in [6, 6.07) is 0.488. The molecule has 5 heteroatoms. The van der Waals surface area contributed by atoms with Crippen LogP contribution < -0.4 is 5.32 Å². The van der Waals surface area contributed by atoms with Gasteiger partial charge < -0.3 is 15.0 Å². The standard InChI is InChI=1S/C18H34N4O/c1-13(2)12-21-7-9-22(10-8-21)17(19-5)20-15-14-6-11-23-16(14)18(15,3)4/h13-16H,6-12H2,1-5H3,(H,19,20). The van der Waals surface area contributed by atoms with E-state index in [4.69, 9.17) is 4.74 Å². The Morgan fingerprint density at radius 1 is 1.26 bits per heavy atom. The predicted molar refractivity (Wildman–Crippen MR) is 94.8 cm³/mol. The van der Waals surface area contributed by atoms with Crippen LogP contribution in [0.5, 0.6) is 0 Å². The summed E-state index contributed by atoms with van der Waals surface area (Å²) >= 11 is 0. The van der Waals surface area contributed by atoms with E-state index in [0.29, 0.717) is 18.1 Å². The van der Waals surface area contributed by atoms with Crippen LogP contribution in [-0.4, -0.2) is 74.3 Å². The highest BCUT2D eigenvalue weighted by Crippen LogP contribution is 2.52. The molecule has 1 aliphatic carbocycles. The first kappa shape index (κ1) is 17.0. The molecule has 0 spiro atoms. The molecule has 0 aromatic heterocycles. The Kier molecular flexibility index (Phi) is 4.88. The van der Waals surface area contributed by atoms with E-state index in [2.05, 4.69) is 47.8 Å². The van der Waals surface area contributed by atoms with Gasteiger partial charge in [0, 0.05) is 63.8 Å². The molecule has 1 saturated carbocycles. The third kappa shape index (κ3) is 3.22. The number of hydrogen-bond donors (Lipinski definition) is 1. The molecule has 23 heavy (non-hydrogen) atoms. The van der Waals surface area contributed by atoms with Gasteiger partial charge in [0.05, 0.1) is 6.10 Å². The molecule has 0 amide bonds. The van der Waals surface area contributed by atoms with Gasteiger partial charge in [0.1, 0.15) is 0 Å². The second-order valence-corrected chi connectivity index (χ2v) is 8.42. The van der Waals surface area contributed by atoms with Gasteiger partial charge in [-0.1, -0.05) is 27.7 Å². The summed E-state index contributed by atoms with van der Waals surface area (Å²) in [7, 11) is 1.91. The van der Waals surface area contributed by atoms with E-state index in [9.17, 15) is 0 Å². The van der Waals surface area contributed by atoms with E-state index >= 15 is 0 Å². The van der Waals surface area contributed by atoms with Crippen molar-refractivity contribution >= 4 is 5.96 Å². The summed E-state index contributed by atoms with van der Waals surface area (Å²) in [6.45, 7) is 15.8. The van der Waals surface area contributed by atoms with Gasteiger partial charge in [0.25, 0.3) is 0 Å². The maximum absolute atomic E-state index is 5.91. The van der Waals surface area contributed by atoms with Crippen molar-refractivity contribution in [2.24, 2.45) is 22.2 Å². The third-order valence-corrected chi connectivity index (χ3v) is 5.89. The van der Waals surface area contributed by atoms with E-state index in [-0.39, 0.29) is 5.41 Å². The molecular formula is C18H34N4O. The molecule has 0 radical (unpaired) electrons. The first-order valence-electron chi connectivity index (χ1n) is 9.25. The third-order valence-electron chi connectivity index (χ3n) is 5.89. The van der Waals surface area contributed by atoms with Gasteiger partial charge in [-0.05, 0) is 12.3 Å². The molecule has 3 aliphatic rings. The maximum Gasteiger partial charge on any atom is 0.193 e. The number of ether oxygens (including phenoxy) is 1. The molecule has 3 atom stereocenters. The number of rotatable bonds is 3. The molecule has 0 aromatic rings. The molecule has 0 bridgehead atoms. The highest BCUT2D eigenvalue weighted by molar-refractivity contribution is 5.80. The minimum Gasteiger partial charge on any atom is -0.377 e. The zero-order chi connectivity index (χ0) is 16.6. The molecule has 3 rings (SSSR count). The summed E-state index contributed by atoms with van der Waals surface area (Å²) in [5.41, 5.74) is 0.205. The van der Waals surface area contributed by atoms with Crippen LogP contribution in [0.3, 0.4) is 0 Å². The van der Waals surface area contributed by atoms with Crippen LogP contribution in [0.15, 0.2) is 4.99 Å². The SMILES string of the molecule is CN=C(NC1C2CCOC2C1(C)C)N1CCN(CC(C)C)CC1. The summed E-state index contributed by atoms with van der Waals surface area (Å²) < 4.78 is 5.91. The number of guanidine groups is 1. The summed E-state index contributed by atoms with van der Waals surface area (Å²) in [4.78, 5) is 9.57. The second-order valence-electron chi connectivity index (χ2n) is 8.42. The Bertz CT molecular complexity index is 440. The zero-order valence-electron chi connectivity index (χ0n) is 15.5. The highest BCUT2D eigenvalue weighted by atomic mass is 16.5. The molecule has 2 saturated heterocycles. The minimum absolute atomic E-state index is 0.205. The zero-order valence-corrected chi connectivity index (χ0v) is 15.5. The fourth-order valence-electron chi connectivity index (χ4n) is 4.71. The molecule has 5 nitrogen and oxygen atoms in total. The molecule has 2 aliphatic heterocycles. The maximum atomic E-state index is 5.91. The van der Waals surface area contributed by atoms with Crippen molar-refractivity contribution in [3.8, 4) is 0 Å². The first-order chi connectivity index (χ1) is 10.9. The Morgan fingerprint density at radius 3 is 2.57 bits per heavy atom. The number of nitrogens with one attached hydrogen (secondary N) is 1. The van der Waals surface area contributed by atoms with E-state index in [0.717, 1.165) is 44.7 Å². The topological polar surface area (TPSA) is 40.1 Å². The first-order valence-corrected chi connectivity index (χ1v) is 9.25. The lowest BCUT2D eigenvalue weighted by atomic mass is 9.57. The minimum atomic E-state index is 0.205. The largest absolute Gasteiger partial charge is 0.377 e. The number of aliphatic imine (C=N–C) groups is 1. The molecule has 0 aromatic carbocycles. The molecule has 132 valence electrons. The van der Waals surface area contributed by atoms with Crippen LogP contribution in [0, 0.1) is 17.3 Å². The van der Waals surface area contributed by atoms with Gasteiger partial charge in [-0.25, -0.2) is 0 Å². The lowest BCUT2D eigenvalue weighted by molar-refractivity contribution is -0.107. The molecule has 2 heterocycles. The number of piperazine rings is 1. The fraction of sp³-hybridized carbons (Fsp3) is 0.944. The van der Waals surface area contributed by atoms with Crippen LogP contribution >= 0.6 is 0 Å². The van der Waals surface area contributed by atoms with Crippen LogP contribution in [0.1, 0.15) is 34.1 Å². The Hall–Kier alpha value is -0.810. The molecule has 3 fully saturated rings. The van der Waals surface area contributed by atoms with E-state index in [1.165, 1.54) is 13.0 Å². The van der Waals surface area contributed by atoms with Crippen molar-refractivity contribution in [3.05, 3.63) is 0 Å². The van der Waals surface area contributed by atoms with E-state index < -0.39 is 0 Å². The van der Waals surface area contributed by atoms with Crippen molar-refractivity contribution in [1.29, 1.82) is 0 Å². The number of nitrogens with zero attached hydrogens (tertiary/aromatic N) is 3. The molecular weight excluding hydrogens is 288 g/mol. The van der Waals surface area contributed by atoms with Crippen molar-refractivity contribution in [1.82, 2.24) is 15.1 Å². The Morgan fingerprint density at radius 2 is 1.96 bits per heavy atom. The van der Waals surface area contributed by atoms with Gasteiger partial charge in [0.15, 0.2) is 5.96 Å². The lowest BCUT2D eigenvalue weighted by Crippen LogP contribution is -2.68. The number of hydrogen-bond acceptors (Lipinski definition) is 3. The van der Waals surface area contributed by atoms with Crippen molar-refractivity contribution in [2.75, 3.05) is 46.4 Å². The normalized spacial score (nSPS) is 34.4. The van der Waals surface area contributed by atoms with Gasteiger partial charge in [-0.3, -0.25) is 9.89 Å². The lowest BCUT2D eigenvalue weighted by Gasteiger charge is -2.55. The van der Waals surface area contributed by atoms with Crippen LogP contribution in [0.25, 0.3) is 0 Å². The Labute approximate surface area is 141 Å². The smallest absolute Gasteiger partial charge is 0.193 e. The van der Waals surface area contributed by atoms with Crippen LogP contribution in [-0.2, 0) is 4.74 Å². The average Bonchev–Trinajstić information content (AvgIpc) is 2.95. The molecule has 3 unspecified atom stereocenters. The van der Waals surface area contributed by atoms with Gasteiger partial charge >= 0.3 is 0 Å². The van der Waals surface area contributed by atoms with Crippen LogP contribution in [0.4, 0.5) is 0 Å².